The van der Waals surface area contributed by atoms with Gasteiger partial charge in [0.05, 0.1) is 21.3 Å². The highest BCUT2D eigenvalue weighted by Crippen LogP contribution is 2.33. The minimum absolute atomic E-state index is 0.257. The highest BCUT2D eigenvalue weighted by molar-refractivity contribution is 6.40. The average Bonchev–Trinajstić information content (AvgIpc) is 2.29. The van der Waals surface area contributed by atoms with Crippen LogP contribution in [-0.2, 0) is 0 Å². The van der Waals surface area contributed by atoms with Crippen molar-refractivity contribution >= 4 is 41.1 Å². The van der Waals surface area contributed by atoms with Crippen molar-refractivity contribution in [2.75, 3.05) is 0 Å². The molecular weight excluding hydrogens is 280 g/mol. The summed E-state index contributed by atoms with van der Waals surface area (Å²) in [6.45, 7) is 0. The summed E-state index contributed by atoms with van der Waals surface area (Å²) in [5.74, 6) is 0. The Bertz CT molecular complexity index is 584. The summed E-state index contributed by atoms with van der Waals surface area (Å²) in [7, 11) is 0. The molecule has 2 rings (SSSR count). The monoisotopic (exact) mass is 285 g/mol. The predicted molar refractivity (Wildman–Crippen MR) is 70.1 cm³/mol. The molecule has 1 heterocycles. The number of aromatic nitrogens is 1. The second kappa shape index (κ2) is 5.05. The molecule has 0 saturated heterocycles. The highest BCUT2D eigenvalue weighted by atomic mass is 35.5. The standard InChI is InChI=1S/C12H6Cl3NO/c13-9-5-4-7(12(15)8(9)6-17)10-2-1-3-11(14)16-10/h1-6H. The zero-order chi connectivity index (χ0) is 12.4. The molecule has 2 aromatic rings. The van der Waals surface area contributed by atoms with Crippen LogP contribution in [-0.4, -0.2) is 11.3 Å². The Balaban J connectivity index is 2.64. The van der Waals surface area contributed by atoms with Crippen LogP contribution in [0.4, 0.5) is 0 Å². The molecule has 0 saturated carbocycles. The summed E-state index contributed by atoms with van der Waals surface area (Å²) >= 11 is 17.8. The lowest BCUT2D eigenvalue weighted by atomic mass is 10.1. The van der Waals surface area contributed by atoms with Gasteiger partial charge in [-0.3, -0.25) is 4.79 Å². The summed E-state index contributed by atoms with van der Waals surface area (Å²) in [6, 6.07) is 8.49. The number of rotatable bonds is 2. The molecule has 0 atom stereocenters. The van der Waals surface area contributed by atoms with Gasteiger partial charge in [-0.2, -0.15) is 0 Å². The van der Waals surface area contributed by atoms with E-state index in [2.05, 4.69) is 4.98 Å². The van der Waals surface area contributed by atoms with Crippen molar-refractivity contribution in [3.8, 4) is 11.3 Å². The summed E-state index contributed by atoms with van der Waals surface area (Å²) < 4.78 is 0. The third-order valence-electron chi connectivity index (χ3n) is 2.24. The van der Waals surface area contributed by atoms with Crippen LogP contribution in [0.5, 0.6) is 0 Å². The first-order valence-corrected chi connectivity index (χ1v) is 5.83. The number of halogens is 3. The number of benzene rings is 1. The van der Waals surface area contributed by atoms with Crippen molar-refractivity contribution in [2.24, 2.45) is 0 Å². The van der Waals surface area contributed by atoms with Gasteiger partial charge in [-0.25, -0.2) is 4.98 Å². The first kappa shape index (κ1) is 12.4. The minimum atomic E-state index is 0.257. The molecule has 0 bridgehead atoms. The van der Waals surface area contributed by atoms with E-state index in [-0.39, 0.29) is 10.6 Å². The van der Waals surface area contributed by atoms with Gasteiger partial charge in [0, 0.05) is 5.56 Å². The lowest BCUT2D eigenvalue weighted by Crippen LogP contribution is -1.90. The van der Waals surface area contributed by atoms with Crippen LogP contribution in [0.15, 0.2) is 30.3 Å². The number of carbonyl (C=O) groups is 1. The molecular formula is C12H6Cl3NO. The first-order valence-electron chi connectivity index (χ1n) is 4.69. The number of hydrogen-bond donors (Lipinski definition) is 0. The lowest BCUT2D eigenvalue weighted by molar-refractivity contribution is 0.112. The van der Waals surface area contributed by atoms with E-state index in [9.17, 15) is 4.79 Å². The van der Waals surface area contributed by atoms with Crippen molar-refractivity contribution in [1.82, 2.24) is 4.98 Å². The maximum atomic E-state index is 10.9. The van der Waals surface area contributed by atoms with Gasteiger partial charge in [0.15, 0.2) is 6.29 Å². The number of hydrogen-bond acceptors (Lipinski definition) is 2. The van der Waals surface area contributed by atoms with Gasteiger partial charge < -0.3 is 0 Å². The third kappa shape index (κ3) is 2.44. The fourth-order valence-corrected chi connectivity index (χ4v) is 2.15. The van der Waals surface area contributed by atoms with Crippen molar-refractivity contribution in [2.45, 2.75) is 0 Å². The smallest absolute Gasteiger partial charge is 0.153 e. The predicted octanol–water partition coefficient (Wildman–Crippen LogP) is 4.52. The van der Waals surface area contributed by atoms with Crippen molar-refractivity contribution in [1.29, 1.82) is 0 Å². The number of aldehydes is 1. The van der Waals surface area contributed by atoms with Gasteiger partial charge in [0.25, 0.3) is 0 Å². The van der Waals surface area contributed by atoms with Crippen molar-refractivity contribution < 1.29 is 4.79 Å². The first-order chi connectivity index (χ1) is 8.13. The van der Waals surface area contributed by atoms with Crippen LogP contribution >= 0.6 is 34.8 Å². The Morgan fingerprint density at radius 2 is 1.82 bits per heavy atom. The topological polar surface area (TPSA) is 30.0 Å². The van der Waals surface area contributed by atoms with Crippen molar-refractivity contribution in [3.63, 3.8) is 0 Å². The van der Waals surface area contributed by atoms with Gasteiger partial charge in [0.2, 0.25) is 0 Å². The van der Waals surface area contributed by atoms with Gasteiger partial charge in [0.1, 0.15) is 5.15 Å². The van der Waals surface area contributed by atoms with Crippen LogP contribution < -0.4 is 0 Å². The molecule has 86 valence electrons. The average molecular weight is 287 g/mol. The molecule has 0 N–H and O–H groups in total. The number of pyridine rings is 1. The molecule has 17 heavy (non-hydrogen) atoms. The minimum Gasteiger partial charge on any atom is -0.298 e. The van der Waals surface area contributed by atoms with E-state index in [4.69, 9.17) is 34.8 Å². The van der Waals surface area contributed by atoms with E-state index in [1.54, 1.807) is 30.3 Å². The Kier molecular flexibility index (Phi) is 3.67. The van der Waals surface area contributed by atoms with Crippen LogP contribution in [0.1, 0.15) is 10.4 Å². The normalized spacial score (nSPS) is 10.3. The largest absolute Gasteiger partial charge is 0.298 e. The van der Waals surface area contributed by atoms with Gasteiger partial charge in [-0.15, -0.1) is 0 Å². The molecule has 0 spiro atoms. The Morgan fingerprint density at radius 1 is 1.06 bits per heavy atom. The second-order valence-corrected chi connectivity index (χ2v) is 4.46. The Labute approximate surface area is 113 Å². The molecule has 0 fully saturated rings. The van der Waals surface area contributed by atoms with Crippen LogP contribution in [0.25, 0.3) is 11.3 Å². The lowest BCUT2D eigenvalue weighted by Gasteiger charge is -2.07. The highest BCUT2D eigenvalue weighted by Gasteiger charge is 2.12. The molecule has 5 heteroatoms. The third-order valence-corrected chi connectivity index (χ3v) is 3.18. The summed E-state index contributed by atoms with van der Waals surface area (Å²) in [4.78, 5) is 15.0. The molecule has 0 radical (unpaired) electrons. The summed E-state index contributed by atoms with van der Waals surface area (Å²) in [5.41, 5.74) is 1.48. The van der Waals surface area contributed by atoms with E-state index >= 15 is 0 Å². The SMILES string of the molecule is O=Cc1c(Cl)ccc(-c2cccc(Cl)n2)c1Cl. The van der Waals surface area contributed by atoms with Crippen molar-refractivity contribution in [3.05, 3.63) is 51.1 Å². The molecule has 0 aliphatic heterocycles. The number of nitrogens with zero attached hydrogens (tertiary/aromatic N) is 1. The van der Waals surface area contributed by atoms with Crippen LogP contribution in [0.3, 0.4) is 0 Å². The molecule has 0 aliphatic carbocycles. The fourth-order valence-electron chi connectivity index (χ4n) is 1.43. The number of carbonyl (C=O) groups excluding carboxylic acids is 1. The fraction of sp³-hybridized carbons (Fsp3) is 0. The molecule has 0 amide bonds. The molecule has 2 nitrogen and oxygen atoms in total. The van der Waals surface area contributed by atoms with Crippen LogP contribution in [0.2, 0.25) is 15.2 Å². The zero-order valence-corrected chi connectivity index (χ0v) is 10.7. The maximum absolute atomic E-state index is 10.9. The van der Waals surface area contributed by atoms with Gasteiger partial charge in [-0.05, 0) is 24.3 Å². The van der Waals surface area contributed by atoms with E-state index in [0.29, 0.717) is 27.7 Å². The maximum Gasteiger partial charge on any atom is 0.153 e. The van der Waals surface area contributed by atoms with Gasteiger partial charge in [-0.1, -0.05) is 40.9 Å². The molecule has 0 aliphatic rings. The van der Waals surface area contributed by atoms with E-state index < -0.39 is 0 Å². The summed E-state index contributed by atoms with van der Waals surface area (Å²) in [5, 5.41) is 0.958. The van der Waals surface area contributed by atoms with Crippen LogP contribution in [0, 0.1) is 0 Å². The molecule has 0 unspecified atom stereocenters. The van der Waals surface area contributed by atoms with E-state index in [0.717, 1.165) is 0 Å². The van der Waals surface area contributed by atoms with Gasteiger partial charge >= 0.3 is 0 Å². The Hall–Kier alpha value is -1.09. The van der Waals surface area contributed by atoms with E-state index in [1.807, 2.05) is 0 Å². The quantitative estimate of drug-likeness (QED) is 0.600. The van der Waals surface area contributed by atoms with E-state index in [1.165, 1.54) is 0 Å². The Morgan fingerprint density at radius 3 is 2.47 bits per heavy atom. The molecule has 1 aromatic heterocycles. The summed E-state index contributed by atoms with van der Waals surface area (Å²) in [6.07, 6.45) is 0.624. The second-order valence-electron chi connectivity index (χ2n) is 3.29. The zero-order valence-electron chi connectivity index (χ0n) is 8.45. The molecule has 1 aromatic carbocycles.